The zero-order chi connectivity index (χ0) is 12.8. The molecule has 1 aromatic carbocycles. The second kappa shape index (κ2) is 5.88. The number of aryl methyl sites for hydroxylation is 1. The Kier molecular flexibility index (Phi) is 3.98. The van der Waals surface area contributed by atoms with Crippen molar-refractivity contribution in [3.8, 4) is 11.8 Å². The largest absolute Gasteiger partial charge is 0.363 e. The van der Waals surface area contributed by atoms with Crippen molar-refractivity contribution in [2.75, 3.05) is 18.5 Å². The van der Waals surface area contributed by atoms with Gasteiger partial charge in [-0.25, -0.2) is 4.98 Å². The molecule has 0 aliphatic carbocycles. The van der Waals surface area contributed by atoms with E-state index in [1.807, 2.05) is 25.2 Å². The topological polar surface area (TPSA) is 16.1 Å². The summed E-state index contributed by atoms with van der Waals surface area (Å²) in [4.78, 5) is 6.29. The van der Waals surface area contributed by atoms with Crippen LogP contribution in [-0.4, -0.2) is 18.6 Å². The molecule has 2 heteroatoms. The van der Waals surface area contributed by atoms with Gasteiger partial charge in [0.25, 0.3) is 0 Å². The molecule has 0 bridgehead atoms. The lowest BCUT2D eigenvalue weighted by Crippen LogP contribution is -2.16. The highest BCUT2D eigenvalue weighted by atomic mass is 15.1. The van der Waals surface area contributed by atoms with Crippen molar-refractivity contribution in [2.24, 2.45) is 0 Å². The molecule has 0 aliphatic heterocycles. The third-order valence-electron chi connectivity index (χ3n) is 2.67. The zero-order valence-electron chi connectivity index (χ0n) is 10.7. The van der Waals surface area contributed by atoms with E-state index in [-0.39, 0.29) is 0 Å². The summed E-state index contributed by atoms with van der Waals surface area (Å²) in [6.45, 7) is 2.78. The summed E-state index contributed by atoms with van der Waals surface area (Å²) >= 11 is 0. The summed E-state index contributed by atoms with van der Waals surface area (Å²) < 4.78 is 0. The van der Waals surface area contributed by atoms with Crippen LogP contribution in [0.25, 0.3) is 0 Å². The quantitative estimate of drug-likeness (QED) is 0.745. The molecule has 2 rings (SSSR count). The fourth-order valence-corrected chi connectivity index (χ4v) is 1.58. The van der Waals surface area contributed by atoms with Crippen LogP contribution in [0.3, 0.4) is 0 Å². The summed E-state index contributed by atoms with van der Waals surface area (Å²) in [5.41, 5.74) is 3.26. The number of benzene rings is 1. The van der Waals surface area contributed by atoms with E-state index in [0.717, 1.165) is 5.69 Å². The van der Waals surface area contributed by atoms with Crippen molar-refractivity contribution < 1.29 is 0 Å². The minimum atomic E-state index is 0.694. The Morgan fingerprint density at radius 3 is 2.56 bits per heavy atom. The first kappa shape index (κ1) is 12.2. The van der Waals surface area contributed by atoms with Crippen LogP contribution >= 0.6 is 0 Å². The average molecular weight is 236 g/mol. The number of aromatic nitrogens is 1. The van der Waals surface area contributed by atoms with Crippen LogP contribution < -0.4 is 4.90 Å². The predicted molar refractivity (Wildman–Crippen MR) is 75.6 cm³/mol. The molecule has 0 saturated heterocycles. The molecule has 0 amide bonds. The van der Waals surface area contributed by atoms with Crippen LogP contribution in [0.4, 0.5) is 5.69 Å². The Morgan fingerprint density at radius 2 is 1.89 bits per heavy atom. The Balaban J connectivity index is 1.98. The molecular formula is C16H16N2. The summed E-state index contributed by atoms with van der Waals surface area (Å²) in [5, 5.41) is 0. The lowest BCUT2D eigenvalue weighted by atomic mass is 10.2. The number of pyridine rings is 1. The molecule has 1 heterocycles. The highest BCUT2D eigenvalue weighted by Gasteiger charge is 1.97. The first-order valence-electron chi connectivity index (χ1n) is 5.93. The van der Waals surface area contributed by atoms with Crippen LogP contribution in [0.1, 0.15) is 11.3 Å². The molecule has 0 radical (unpaired) electrons. The minimum Gasteiger partial charge on any atom is -0.363 e. The SMILES string of the molecule is Cc1ccc(N(C)CC#Cc2ccccn2)cc1. The van der Waals surface area contributed by atoms with Crippen molar-refractivity contribution in [1.82, 2.24) is 4.98 Å². The van der Waals surface area contributed by atoms with Crippen molar-refractivity contribution in [2.45, 2.75) is 6.92 Å². The van der Waals surface area contributed by atoms with Gasteiger partial charge < -0.3 is 4.90 Å². The van der Waals surface area contributed by atoms with Gasteiger partial charge in [-0.1, -0.05) is 29.7 Å². The monoisotopic (exact) mass is 236 g/mol. The first-order chi connectivity index (χ1) is 8.75. The van der Waals surface area contributed by atoms with E-state index in [1.165, 1.54) is 11.3 Å². The molecule has 0 fully saturated rings. The van der Waals surface area contributed by atoms with Crippen molar-refractivity contribution in [1.29, 1.82) is 0 Å². The van der Waals surface area contributed by atoms with Gasteiger partial charge in [0.1, 0.15) is 5.69 Å². The number of rotatable bonds is 2. The molecule has 18 heavy (non-hydrogen) atoms. The van der Waals surface area contributed by atoms with E-state index in [9.17, 15) is 0 Å². The second-order valence-electron chi connectivity index (χ2n) is 4.21. The summed E-state index contributed by atoms with van der Waals surface area (Å²) in [6.07, 6.45) is 1.76. The Morgan fingerprint density at radius 1 is 1.11 bits per heavy atom. The van der Waals surface area contributed by atoms with Gasteiger partial charge in [0.15, 0.2) is 0 Å². The summed E-state index contributed by atoms with van der Waals surface area (Å²) in [6, 6.07) is 14.2. The summed E-state index contributed by atoms with van der Waals surface area (Å²) in [5.74, 6) is 6.18. The highest BCUT2D eigenvalue weighted by molar-refractivity contribution is 5.48. The molecule has 1 aromatic heterocycles. The lowest BCUT2D eigenvalue weighted by molar-refractivity contribution is 1.05. The van der Waals surface area contributed by atoms with E-state index in [2.05, 4.69) is 52.9 Å². The fraction of sp³-hybridized carbons (Fsp3) is 0.188. The third kappa shape index (κ3) is 3.36. The van der Waals surface area contributed by atoms with Gasteiger partial charge in [-0.15, -0.1) is 0 Å². The van der Waals surface area contributed by atoms with Crippen molar-refractivity contribution in [3.63, 3.8) is 0 Å². The molecule has 90 valence electrons. The first-order valence-corrected chi connectivity index (χ1v) is 5.93. The molecule has 0 aliphatic rings. The molecule has 0 spiro atoms. The highest BCUT2D eigenvalue weighted by Crippen LogP contribution is 2.12. The third-order valence-corrected chi connectivity index (χ3v) is 2.67. The average Bonchev–Trinajstić information content (AvgIpc) is 2.40. The molecule has 0 N–H and O–H groups in total. The van der Waals surface area contributed by atoms with Gasteiger partial charge >= 0.3 is 0 Å². The maximum absolute atomic E-state index is 4.17. The molecule has 0 saturated carbocycles. The van der Waals surface area contributed by atoms with Gasteiger partial charge in [-0.05, 0) is 37.1 Å². The molecule has 0 unspecified atom stereocenters. The van der Waals surface area contributed by atoms with Gasteiger partial charge in [-0.2, -0.15) is 0 Å². The van der Waals surface area contributed by atoms with Crippen molar-refractivity contribution in [3.05, 3.63) is 59.9 Å². The van der Waals surface area contributed by atoms with E-state index in [1.54, 1.807) is 6.20 Å². The van der Waals surface area contributed by atoms with Gasteiger partial charge in [-0.3, -0.25) is 0 Å². The minimum absolute atomic E-state index is 0.694. The van der Waals surface area contributed by atoms with Crippen LogP contribution in [0.15, 0.2) is 48.7 Å². The smallest absolute Gasteiger partial charge is 0.113 e. The lowest BCUT2D eigenvalue weighted by Gasteiger charge is -2.15. The van der Waals surface area contributed by atoms with E-state index in [0.29, 0.717) is 6.54 Å². The molecule has 2 nitrogen and oxygen atoms in total. The zero-order valence-corrected chi connectivity index (χ0v) is 10.7. The fourth-order valence-electron chi connectivity index (χ4n) is 1.58. The van der Waals surface area contributed by atoms with Crippen LogP contribution in [0, 0.1) is 18.8 Å². The van der Waals surface area contributed by atoms with Gasteiger partial charge in [0.05, 0.1) is 6.54 Å². The number of hydrogen-bond acceptors (Lipinski definition) is 2. The Bertz CT molecular complexity index is 547. The predicted octanol–water partition coefficient (Wildman–Crippen LogP) is 2.88. The van der Waals surface area contributed by atoms with E-state index in [4.69, 9.17) is 0 Å². The summed E-state index contributed by atoms with van der Waals surface area (Å²) in [7, 11) is 2.04. The standard InChI is InChI=1S/C16H16N2/c1-14-8-10-16(11-9-14)18(2)13-5-7-15-6-3-4-12-17-15/h3-4,6,8-12H,13H2,1-2H3. The second-order valence-corrected chi connectivity index (χ2v) is 4.21. The maximum Gasteiger partial charge on any atom is 0.113 e. The molecule has 2 aromatic rings. The normalized spacial score (nSPS) is 9.44. The number of nitrogens with zero attached hydrogens (tertiary/aromatic N) is 2. The van der Waals surface area contributed by atoms with E-state index < -0.39 is 0 Å². The van der Waals surface area contributed by atoms with Gasteiger partial charge in [0.2, 0.25) is 0 Å². The van der Waals surface area contributed by atoms with Crippen molar-refractivity contribution >= 4 is 5.69 Å². The number of anilines is 1. The van der Waals surface area contributed by atoms with Crippen LogP contribution in [0.5, 0.6) is 0 Å². The van der Waals surface area contributed by atoms with Crippen LogP contribution in [0.2, 0.25) is 0 Å². The van der Waals surface area contributed by atoms with Crippen LogP contribution in [-0.2, 0) is 0 Å². The van der Waals surface area contributed by atoms with Gasteiger partial charge in [0, 0.05) is 18.9 Å². The van der Waals surface area contributed by atoms with E-state index >= 15 is 0 Å². The number of hydrogen-bond donors (Lipinski definition) is 0. The maximum atomic E-state index is 4.17. The Labute approximate surface area is 108 Å². The Hall–Kier alpha value is -2.27. The molecule has 0 atom stereocenters. The molecular weight excluding hydrogens is 220 g/mol.